The summed E-state index contributed by atoms with van der Waals surface area (Å²) >= 11 is 0. The number of anilines is 1. The maximum Gasteiger partial charge on any atom is 0.328 e. The van der Waals surface area contributed by atoms with Gasteiger partial charge < -0.3 is 14.6 Å². The number of esters is 1. The first kappa shape index (κ1) is 11.1. The summed E-state index contributed by atoms with van der Waals surface area (Å²) in [4.78, 5) is 17.1. The predicted molar refractivity (Wildman–Crippen MR) is 70.7 cm³/mol. The fraction of sp³-hybridized carbons (Fsp3) is 0.357. The van der Waals surface area contributed by atoms with Gasteiger partial charge in [0.1, 0.15) is 6.04 Å². The molecule has 4 nitrogen and oxygen atoms in total. The Balaban J connectivity index is 1.95. The second-order valence-electron chi connectivity index (χ2n) is 4.62. The quantitative estimate of drug-likeness (QED) is 0.824. The van der Waals surface area contributed by atoms with Crippen LogP contribution in [0.2, 0.25) is 0 Å². The molecule has 2 aromatic rings. The van der Waals surface area contributed by atoms with Gasteiger partial charge in [0.05, 0.1) is 7.11 Å². The Morgan fingerprint density at radius 3 is 3.17 bits per heavy atom. The lowest BCUT2D eigenvalue weighted by atomic mass is 10.2. The summed E-state index contributed by atoms with van der Waals surface area (Å²) in [5, 5.41) is 1.17. The molecule has 0 spiro atoms. The summed E-state index contributed by atoms with van der Waals surface area (Å²) in [6.07, 6.45) is 3.83. The summed E-state index contributed by atoms with van der Waals surface area (Å²) in [5.41, 5.74) is 2.21. The Morgan fingerprint density at radius 1 is 1.44 bits per heavy atom. The number of methoxy groups -OCH3 is 1. The van der Waals surface area contributed by atoms with Gasteiger partial charge in [0.15, 0.2) is 0 Å². The van der Waals surface area contributed by atoms with Crippen LogP contribution < -0.4 is 4.90 Å². The van der Waals surface area contributed by atoms with Gasteiger partial charge in [-0.15, -0.1) is 0 Å². The highest BCUT2D eigenvalue weighted by Crippen LogP contribution is 2.28. The third-order valence-corrected chi connectivity index (χ3v) is 3.59. The van der Waals surface area contributed by atoms with Crippen LogP contribution in [0.1, 0.15) is 12.8 Å². The molecule has 0 radical (unpaired) electrons. The molecule has 1 saturated heterocycles. The average molecular weight is 244 g/mol. The monoisotopic (exact) mass is 244 g/mol. The number of fused-ring (bicyclic) bond motifs is 1. The van der Waals surface area contributed by atoms with Crippen LogP contribution in [0.25, 0.3) is 10.9 Å². The molecule has 1 fully saturated rings. The molecule has 1 unspecified atom stereocenters. The highest BCUT2D eigenvalue weighted by molar-refractivity contribution is 5.86. The van der Waals surface area contributed by atoms with E-state index in [0.29, 0.717) is 0 Å². The number of nitrogens with zero attached hydrogens (tertiary/aromatic N) is 1. The number of ether oxygens (including phenoxy) is 1. The number of rotatable bonds is 2. The van der Waals surface area contributed by atoms with Crippen LogP contribution in [0.5, 0.6) is 0 Å². The second-order valence-corrected chi connectivity index (χ2v) is 4.62. The SMILES string of the molecule is COC(=O)C1CCCN1c1ccc2[nH]ccc2c1. The Morgan fingerprint density at radius 2 is 2.33 bits per heavy atom. The molecule has 0 aliphatic carbocycles. The van der Waals surface area contributed by atoms with E-state index in [1.165, 1.54) is 12.5 Å². The molecule has 1 aromatic carbocycles. The number of H-pyrrole nitrogens is 1. The van der Waals surface area contributed by atoms with Crippen molar-refractivity contribution < 1.29 is 9.53 Å². The molecule has 0 saturated carbocycles. The molecule has 94 valence electrons. The van der Waals surface area contributed by atoms with E-state index in [1.807, 2.05) is 12.3 Å². The summed E-state index contributed by atoms with van der Waals surface area (Å²) in [6, 6.07) is 8.14. The second kappa shape index (κ2) is 4.37. The molecule has 0 bridgehead atoms. The number of hydrogen-bond acceptors (Lipinski definition) is 3. The average Bonchev–Trinajstić information content (AvgIpc) is 3.05. The first-order valence-electron chi connectivity index (χ1n) is 6.21. The van der Waals surface area contributed by atoms with Gasteiger partial charge in [-0.2, -0.15) is 0 Å². The van der Waals surface area contributed by atoms with Crippen molar-refractivity contribution in [2.75, 3.05) is 18.6 Å². The van der Waals surface area contributed by atoms with Gasteiger partial charge in [0, 0.05) is 29.3 Å². The van der Waals surface area contributed by atoms with E-state index in [4.69, 9.17) is 4.74 Å². The lowest BCUT2D eigenvalue weighted by molar-refractivity contribution is -0.141. The van der Waals surface area contributed by atoms with E-state index in [2.05, 4.69) is 28.1 Å². The van der Waals surface area contributed by atoms with Crippen LogP contribution in [0.15, 0.2) is 30.5 Å². The summed E-state index contributed by atoms with van der Waals surface area (Å²) in [7, 11) is 1.45. The third-order valence-electron chi connectivity index (χ3n) is 3.59. The van der Waals surface area contributed by atoms with Crippen molar-refractivity contribution in [3.8, 4) is 0 Å². The standard InChI is InChI=1S/C14H16N2O2/c1-18-14(17)13-3-2-8-16(13)11-4-5-12-10(9-11)6-7-15-12/h4-7,9,13,15H,2-3,8H2,1H3. The van der Waals surface area contributed by atoms with E-state index >= 15 is 0 Å². The van der Waals surface area contributed by atoms with Crippen LogP contribution in [0.3, 0.4) is 0 Å². The molecular formula is C14H16N2O2. The summed E-state index contributed by atoms with van der Waals surface area (Å²) in [5.74, 6) is -0.137. The number of nitrogens with one attached hydrogen (secondary N) is 1. The van der Waals surface area contributed by atoms with Gasteiger partial charge in [0.25, 0.3) is 0 Å². The van der Waals surface area contributed by atoms with Crippen LogP contribution in [0.4, 0.5) is 5.69 Å². The minimum atomic E-state index is -0.137. The molecule has 1 N–H and O–H groups in total. The molecule has 3 rings (SSSR count). The normalized spacial score (nSPS) is 19.4. The van der Waals surface area contributed by atoms with Crippen molar-refractivity contribution in [3.05, 3.63) is 30.5 Å². The maximum atomic E-state index is 11.7. The summed E-state index contributed by atoms with van der Waals surface area (Å²) < 4.78 is 4.87. The van der Waals surface area contributed by atoms with Gasteiger partial charge in [-0.1, -0.05) is 0 Å². The molecule has 1 atom stereocenters. The minimum Gasteiger partial charge on any atom is -0.467 e. The lowest BCUT2D eigenvalue weighted by Gasteiger charge is -2.24. The number of carbonyl (C=O) groups excluding carboxylic acids is 1. The molecule has 0 amide bonds. The molecule has 1 aliphatic heterocycles. The zero-order chi connectivity index (χ0) is 12.5. The van der Waals surface area contributed by atoms with Crippen molar-refractivity contribution in [3.63, 3.8) is 0 Å². The number of carbonyl (C=O) groups is 1. The van der Waals surface area contributed by atoms with Crippen molar-refractivity contribution >= 4 is 22.6 Å². The topological polar surface area (TPSA) is 45.3 Å². The lowest BCUT2D eigenvalue weighted by Crippen LogP contribution is -2.36. The van der Waals surface area contributed by atoms with E-state index < -0.39 is 0 Å². The highest BCUT2D eigenvalue weighted by Gasteiger charge is 2.31. The third kappa shape index (κ3) is 1.74. The Labute approximate surface area is 106 Å². The van der Waals surface area contributed by atoms with Gasteiger partial charge in [-0.3, -0.25) is 0 Å². The molecular weight excluding hydrogens is 228 g/mol. The van der Waals surface area contributed by atoms with E-state index in [0.717, 1.165) is 30.6 Å². The zero-order valence-electron chi connectivity index (χ0n) is 10.3. The number of hydrogen-bond donors (Lipinski definition) is 1. The molecule has 4 heteroatoms. The van der Waals surface area contributed by atoms with Gasteiger partial charge in [-0.05, 0) is 37.1 Å². The number of aromatic nitrogens is 1. The van der Waals surface area contributed by atoms with Crippen molar-refractivity contribution in [2.24, 2.45) is 0 Å². The van der Waals surface area contributed by atoms with Gasteiger partial charge in [0.2, 0.25) is 0 Å². The van der Waals surface area contributed by atoms with E-state index in [9.17, 15) is 4.79 Å². The Bertz CT molecular complexity index is 576. The van der Waals surface area contributed by atoms with Gasteiger partial charge >= 0.3 is 5.97 Å². The van der Waals surface area contributed by atoms with Crippen molar-refractivity contribution in [2.45, 2.75) is 18.9 Å². The molecule has 1 aliphatic rings. The Hall–Kier alpha value is -1.97. The maximum absolute atomic E-state index is 11.7. The van der Waals surface area contributed by atoms with E-state index in [-0.39, 0.29) is 12.0 Å². The first-order valence-corrected chi connectivity index (χ1v) is 6.21. The highest BCUT2D eigenvalue weighted by atomic mass is 16.5. The largest absolute Gasteiger partial charge is 0.467 e. The van der Waals surface area contributed by atoms with E-state index in [1.54, 1.807) is 0 Å². The number of benzene rings is 1. The van der Waals surface area contributed by atoms with Crippen LogP contribution in [-0.4, -0.2) is 30.6 Å². The predicted octanol–water partition coefficient (Wildman–Crippen LogP) is 2.31. The molecule has 18 heavy (non-hydrogen) atoms. The van der Waals surface area contributed by atoms with Gasteiger partial charge in [-0.25, -0.2) is 4.79 Å². The first-order chi connectivity index (χ1) is 8.79. The van der Waals surface area contributed by atoms with Crippen LogP contribution >= 0.6 is 0 Å². The number of aromatic amines is 1. The fourth-order valence-corrected chi connectivity index (χ4v) is 2.68. The Kier molecular flexibility index (Phi) is 2.70. The van der Waals surface area contributed by atoms with Crippen molar-refractivity contribution in [1.82, 2.24) is 4.98 Å². The molecule has 1 aromatic heterocycles. The van der Waals surface area contributed by atoms with Crippen LogP contribution in [0, 0.1) is 0 Å². The van der Waals surface area contributed by atoms with Crippen LogP contribution in [-0.2, 0) is 9.53 Å². The fourth-order valence-electron chi connectivity index (χ4n) is 2.68. The summed E-state index contributed by atoms with van der Waals surface area (Å²) in [6.45, 7) is 0.912. The minimum absolute atomic E-state index is 0.133. The zero-order valence-corrected chi connectivity index (χ0v) is 10.3. The molecule has 2 heterocycles. The van der Waals surface area contributed by atoms with Crippen molar-refractivity contribution in [1.29, 1.82) is 0 Å². The smallest absolute Gasteiger partial charge is 0.328 e.